The van der Waals surface area contributed by atoms with Gasteiger partial charge in [0.25, 0.3) is 5.91 Å². The molecule has 23 heavy (non-hydrogen) atoms. The maximum Gasteiger partial charge on any atom is 0.362 e. The monoisotopic (exact) mass is 340 g/mol. The maximum absolute atomic E-state index is 12.0. The molecular weight excluding hydrogens is 324 g/mol. The van der Waals surface area contributed by atoms with Crippen molar-refractivity contribution in [1.82, 2.24) is 10.3 Å². The zero-order valence-electron chi connectivity index (χ0n) is 12.6. The van der Waals surface area contributed by atoms with Crippen molar-refractivity contribution in [3.05, 3.63) is 11.1 Å². The van der Waals surface area contributed by atoms with Crippen LogP contribution in [0.25, 0.3) is 0 Å². The van der Waals surface area contributed by atoms with E-state index in [1.807, 2.05) is 0 Å². The molecule has 2 heterocycles. The van der Waals surface area contributed by atoms with Gasteiger partial charge in [-0.2, -0.15) is 0 Å². The van der Waals surface area contributed by atoms with Gasteiger partial charge in [-0.15, -0.1) is 11.3 Å². The Morgan fingerprint density at radius 2 is 2.35 bits per heavy atom. The lowest BCUT2D eigenvalue weighted by Gasteiger charge is -2.07. The molecule has 1 fully saturated rings. The number of ether oxygens (including phenoxy) is 1. The third-order valence-electron chi connectivity index (χ3n) is 2.77. The number of anilines is 1. The zero-order valence-corrected chi connectivity index (χ0v) is 13.4. The van der Waals surface area contributed by atoms with Crippen LogP contribution in [-0.4, -0.2) is 47.7 Å². The maximum atomic E-state index is 12.0. The molecule has 0 aliphatic carbocycles. The number of amides is 2. The molecule has 1 aromatic rings. The molecule has 1 aromatic heterocycles. The second-order valence-corrected chi connectivity index (χ2v) is 5.41. The number of oxime groups is 1. The molecule has 1 saturated heterocycles. The number of carbonyl (C=O) groups is 3. The Morgan fingerprint density at radius 3 is 2.96 bits per heavy atom. The van der Waals surface area contributed by atoms with Crippen molar-refractivity contribution >= 4 is 40.0 Å². The Morgan fingerprint density at radius 1 is 1.57 bits per heavy atom. The van der Waals surface area contributed by atoms with E-state index in [0.717, 1.165) is 11.3 Å². The van der Waals surface area contributed by atoms with Gasteiger partial charge in [0.15, 0.2) is 5.13 Å². The summed E-state index contributed by atoms with van der Waals surface area (Å²) in [5, 5.41) is 10.7. The molecule has 0 bridgehead atoms. The number of esters is 1. The molecule has 1 aliphatic rings. The number of rotatable bonds is 6. The van der Waals surface area contributed by atoms with Crippen LogP contribution in [-0.2, 0) is 24.0 Å². The number of nitrogens with zero attached hydrogens (tertiary/aromatic N) is 2. The summed E-state index contributed by atoms with van der Waals surface area (Å²) in [5.41, 5.74) is 0.0509. The third-order valence-corrected chi connectivity index (χ3v) is 3.53. The van der Waals surface area contributed by atoms with Crippen molar-refractivity contribution in [2.45, 2.75) is 26.4 Å². The van der Waals surface area contributed by atoms with E-state index >= 15 is 0 Å². The van der Waals surface area contributed by atoms with Crippen molar-refractivity contribution in [3.8, 4) is 0 Å². The molecule has 0 aromatic carbocycles. The predicted molar refractivity (Wildman–Crippen MR) is 82.1 cm³/mol. The average Bonchev–Trinajstić information content (AvgIpc) is 3.09. The van der Waals surface area contributed by atoms with Crippen LogP contribution >= 0.6 is 11.3 Å². The molecule has 10 heteroatoms. The number of nitrogens with one attached hydrogen (secondary N) is 2. The molecule has 124 valence electrons. The van der Waals surface area contributed by atoms with Gasteiger partial charge in [-0.3, -0.25) is 9.59 Å². The van der Waals surface area contributed by atoms with E-state index in [9.17, 15) is 14.4 Å². The highest BCUT2D eigenvalue weighted by Gasteiger charge is 2.27. The topological polar surface area (TPSA) is 119 Å². The highest BCUT2D eigenvalue weighted by Crippen LogP contribution is 2.17. The van der Waals surface area contributed by atoms with Crippen LogP contribution in [0.1, 0.15) is 26.0 Å². The number of hydrogen-bond acceptors (Lipinski definition) is 8. The van der Waals surface area contributed by atoms with Crippen molar-refractivity contribution in [3.63, 3.8) is 0 Å². The Labute approximate surface area is 136 Å². The Kier molecular flexibility index (Phi) is 5.63. The molecule has 9 nitrogen and oxygen atoms in total. The number of aromatic nitrogens is 1. The minimum absolute atomic E-state index is 0.153. The van der Waals surface area contributed by atoms with Gasteiger partial charge in [0.2, 0.25) is 17.7 Å². The van der Waals surface area contributed by atoms with Crippen molar-refractivity contribution in [2.75, 3.05) is 18.5 Å². The van der Waals surface area contributed by atoms with E-state index in [1.165, 1.54) is 6.92 Å². The van der Waals surface area contributed by atoms with Gasteiger partial charge in [-0.05, 0) is 6.92 Å². The quantitative estimate of drug-likeness (QED) is 0.436. The summed E-state index contributed by atoms with van der Waals surface area (Å²) in [7, 11) is 0. The molecule has 1 aliphatic heterocycles. The summed E-state index contributed by atoms with van der Waals surface area (Å²) >= 11 is 1.13. The van der Waals surface area contributed by atoms with Crippen molar-refractivity contribution in [2.24, 2.45) is 5.16 Å². The van der Waals surface area contributed by atoms with E-state index < -0.39 is 12.1 Å². The highest BCUT2D eigenvalue weighted by atomic mass is 32.1. The van der Waals surface area contributed by atoms with Crippen LogP contribution in [0.2, 0.25) is 0 Å². The van der Waals surface area contributed by atoms with E-state index in [2.05, 4.69) is 20.8 Å². The molecule has 2 amide bonds. The first kappa shape index (κ1) is 16.9. The summed E-state index contributed by atoms with van der Waals surface area (Å²) in [6, 6.07) is 0. The fraction of sp³-hybridized carbons (Fsp3) is 0.462. The lowest BCUT2D eigenvalue weighted by Crippen LogP contribution is -2.26. The van der Waals surface area contributed by atoms with Gasteiger partial charge in [0.05, 0.1) is 6.61 Å². The van der Waals surface area contributed by atoms with Gasteiger partial charge < -0.3 is 20.2 Å². The van der Waals surface area contributed by atoms with Crippen LogP contribution < -0.4 is 10.6 Å². The highest BCUT2D eigenvalue weighted by molar-refractivity contribution is 7.14. The Bertz CT molecular complexity index is 642. The van der Waals surface area contributed by atoms with E-state index in [-0.39, 0.29) is 29.8 Å². The molecule has 2 rings (SSSR count). The summed E-state index contributed by atoms with van der Waals surface area (Å²) in [4.78, 5) is 43.7. The van der Waals surface area contributed by atoms with Crippen molar-refractivity contribution in [1.29, 1.82) is 0 Å². The number of carbonyl (C=O) groups excluding carboxylic acids is 3. The van der Waals surface area contributed by atoms with Gasteiger partial charge in [-0.1, -0.05) is 5.16 Å². The lowest BCUT2D eigenvalue weighted by atomic mass is 10.3. The zero-order chi connectivity index (χ0) is 16.8. The van der Waals surface area contributed by atoms with Gasteiger partial charge >= 0.3 is 5.97 Å². The second-order valence-electron chi connectivity index (χ2n) is 4.55. The van der Waals surface area contributed by atoms with Crippen LogP contribution in [0.15, 0.2) is 10.5 Å². The largest absolute Gasteiger partial charge is 0.461 e. The fourth-order valence-electron chi connectivity index (χ4n) is 1.77. The van der Waals surface area contributed by atoms with Crippen LogP contribution in [0.5, 0.6) is 0 Å². The van der Waals surface area contributed by atoms with E-state index in [0.29, 0.717) is 18.1 Å². The SMILES string of the molecule is CCOC(=O)/C(=N/OC1CCNC1=O)c1csc(NC(C)=O)n1. The summed E-state index contributed by atoms with van der Waals surface area (Å²) in [6.45, 7) is 3.66. The van der Waals surface area contributed by atoms with Gasteiger partial charge in [-0.25, -0.2) is 9.78 Å². The first-order valence-electron chi connectivity index (χ1n) is 6.93. The smallest absolute Gasteiger partial charge is 0.362 e. The standard InChI is InChI=1S/C13H16N4O5S/c1-3-21-12(20)10(17-22-9-4-5-14-11(9)19)8-6-23-13(16-8)15-7(2)18/h6,9H,3-5H2,1-2H3,(H,14,19)(H,15,16,18)/b17-10+. The summed E-state index contributed by atoms with van der Waals surface area (Å²) in [6.07, 6.45) is -0.278. The second kappa shape index (κ2) is 7.68. The lowest BCUT2D eigenvalue weighted by molar-refractivity contribution is -0.136. The third kappa shape index (κ3) is 4.49. The first-order valence-corrected chi connectivity index (χ1v) is 7.81. The summed E-state index contributed by atoms with van der Waals surface area (Å²) in [5.74, 6) is -1.28. The normalized spacial score (nSPS) is 17.6. The molecule has 2 N–H and O–H groups in total. The molecule has 0 radical (unpaired) electrons. The predicted octanol–water partition coefficient (Wildman–Crippen LogP) is 0.274. The van der Waals surface area contributed by atoms with E-state index in [4.69, 9.17) is 9.57 Å². The van der Waals surface area contributed by atoms with Crippen LogP contribution in [0.3, 0.4) is 0 Å². The minimum atomic E-state index is -0.743. The molecule has 0 saturated carbocycles. The van der Waals surface area contributed by atoms with Crippen LogP contribution in [0, 0.1) is 0 Å². The average molecular weight is 340 g/mol. The first-order chi connectivity index (χ1) is 11.0. The number of thiazole rings is 1. The van der Waals surface area contributed by atoms with Crippen LogP contribution in [0.4, 0.5) is 5.13 Å². The molecule has 1 atom stereocenters. The number of hydrogen-bond donors (Lipinski definition) is 2. The minimum Gasteiger partial charge on any atom is -0.461 e. The van der Waals surface area contributed by atoms with Gasteiger partial charge in [0.1, 0.15) is 5.69 Å². The fourth-order valence-corrected chi connectivity index (χ4v) is 2.51. The van der Waals surface area contributed by atoms with E-state index in [1.54, 1.807) is 12.3 Å². The summed E-state index contributed by atoms with van der Waals surface area (Å²) < 4.78 is 4.92. The van der Waals surface area contributed by atoms with Crippen molar-refractivity contribution < 1.29 is 24.0 Å². The molecular formula is C13H16N4O5S. The van der Waals surface area contributed by atoms with Gasteiger partial charge in [0, 0.05) is 25.3 Å². The Hall–Kier alpha value is -2.49. The Balaban J connectivity index is 2.19. The molecule has 1 unspecified atom stereocenters. The molecule has 0 spiro atoms.